The number of nitrogens with one attached hydrogen (secondary N) is 1. The van der Waals surface area contributed by atoms with Crippen LogP contribution in [0.15, 0.2) is 71.2 Å². The van der Waals surface area contributed by atoms with Gasteiger partial charge in [-0.2, -0.15) is 0 Å². The summed E-state index contributed by atoms with van der Waals surface area (Å²) in [7, 11) is 0. The monoisotopic (exact) mass is 548 g/mol. The molecule has 1 atom stereocenters. The fourth-order valence-corrected chi connectivity index (χ4v) is 4.46. The van der Waals surface area contributed by atoms with Crippen molar-refractivity contribution >= 4 is 50.9 Å². The van der Waals surface area contributed by atoms with E-state index in [-0.39, 0.29) is 36.2 Å². The second-order valence-corrected chi connectivity index (χ2v) is 9.63. The molecule has 3 aromatic rings. The number of carbonyl (C=O) groups excluding carboxylic acids is 4. The highest BCUT2D eigenvalue weighted by atomic mass is 79.9. The van der Waals surface area contributed by atoms with Crippen molar-refractivity contribution < 1.29 is 23.9 Å². The second-order valence-electron chi connectivity index (χ2n) is 8.72. The van der Waals surface area contributed by atoms with Crippen LogP contribution in [-0.4, -0.2) is 36.7 Å². The smallest absolute Gasteiger partial charge is 0.338 e. The molecule has 0 saturated carbocycles. The minimum absolute atomic E-state index is 0.0803. The SMILES string of the molecule is Cc1cccc(C)c1N1C[C@H](C(=O)Nc2ccc(C(=O)OCC(=O)c3ccc(Br)cc3)cc2)CC1=O. The molecule has 1 fully saturated rings. The third-order valence-corrected chi connectivity index (χ3v) is 6.62. The number of hydrogen-bond acceptors (Lipinski definition) is 5. The summed E-state index contributed by atoms with van der Waals surface area (Å²) in [4.78, 5) is 51.7. The molecule has 0 unspecified atom stereocenters. The van der Waals surface area contributed by atoms with Gasteiger partial charge in [0.15, 0.2) is 12.4 Å². The van der Waals surface area contributed by atoms with E-state index >= 15 is 0 Å². The van der Waals surface area contributed by atoms with Crippen LogP contribution < -0.4 is 10.2 Å². The average Bonchev–Trinajstić information content (AvgIpc) is 3.24. The number of ketones is 1. The zero-order valence-corrected chi connectivity index (χ0v) is 21.5. The van der Waals surface area contributed by atoms with E-state index in [9.17, 15) is 19.2 Å². The molecule has 8 heteroatoms. The number of hydrogen-bond donors (Lipinski definition) is 1. The molecule has 0 radical (unpaired) electrons. The Morgan fingerprint density at radius 1 is 0.944 bits per heavy atom. The van der Waals surface area contributed by atoms with Crippen molar-refractivity contribution in [3.05, 3.63) is 93.5 Å². The van der Waals surface area contributed by atoms with Crippen LogP contribution in [0.1, 0.15) is 38.3 Å². The zero-order valence-electron chi connectivity index (χ0n) is 19.9. The van der Waals surface area contributed by atoms with Crippen LogP contribution in [0.3, 0.4) is 0 Å². The fraction of sp³-hybridized carbons (Fsp3) is 0.214. The van der Waals surface area contributed by atoms with Crippen molar-refractivity contribution in [1.82, 2.24) is 0 Å². The van der Waals surface area contributed by atoms with Gasteiger partial charge in [0, 0.05) is 34.4 Å². The number of halogens is 1. The van der Waals surface area contributed by atoms with Crippen LogP contribution in [0.4, 0.5) is 11.4 Å². The average molecular weight is 549 g/mol. The number of rotatable bonds is 7. The summed E-state index contributed by atoms with van der Waals surface area (Å²) in [6, 6.07) is 18.8. The van der Waals surface area contributed by atoms with E-state index in [1.807, 2.05) is 32.0 Å². The molecule has 3 aromatic carbocycles. The van der Waals surface area contributed by atoms with Crippen LogP contribution in [0.5, 0.6) is 0 Å². The second kappa shape index (κ2) is 10.9. The molecule has 2 amide bonds. The Kier molecular flexibility index (Phi) is 7.64. The molecule has 1 aliphatic rings. The Balaban J connectivity index is 1.32. The molecule has 0 bridgehead atoms. The lowest BCUT2D eigenvalue weighted by Gasteiger charge is -2.21. The third-order valence-electron chi connectivity index (χ3n) is 6.09. The summed E-state index contributed by atoms with van der Waals surface area (Å²) >= 11 is 3.31. The first kappa shape index (κ1) is 25.3. The number of Topliss-reactive ketones (excluding diaryl/α,β-unsaturated/α-hetero) is 1. The highest BCUT2D eigenvalue weighted by Gasteiger charge is 2.36. The van der Waals surface area contributed by atoms with Gasteiger partial charge in [0.25, 0.3) is 0 Å². The largest absolute Gasteiger partial charge is 0.454 e. The Bertz CT molecular complexity index is 1300. The van der Waals surface area contributed by atoms with Gasteiger partial charge in [0.1, 0.15) is 0 Å². The molecule has 36 heavy (non-hydrogen) atoms. The van der Waals surface area contributed by atoms with E-state index in [4.69, 9.17) is 4.74 Å². The number of aryl methyl sites for hydroxylation is 2. The van der Waals surface area contributed by atoms with Crippen LogP contribution in [0, 0.1) is 19.8 Å². The number of carbonyl (C=O) groups is 4. The zero-order chi connectivity index (χ0) is 25.8. The highest BCUT2D eigenvalue weighted by Crippen LogP contribution is 2.31. The molecule has 1 N–H and O–H groups in total. The number of nitrogens with zero attached hydrogens (tertiary/aromatic N) is 1. The predicted octanol–water partition coefficient (Wildman–Crippen LogP) is 5.10. The van der Waals surface area contributed by atoms with Crippen molar-refractivity contribution in [2.45, 2.75) is 20.3 Å². The fourth-order valence-electron chi connectivity index (χ4n) is 4.20. The lowest BCUT2D eigenvalue weighted by Crippen LogP contribution is -2.29. The Morgan fingerprint density at radius 3 is 2.19 bits per heavy atom. The number of benzene rings is 3. The van der Waals surface area contributed by atoms with Gasteiger partial charge in [0.05, 0.1) is 11.5 Å². The lowest BCUT2D eigenvalue weighted by atomic mass is 10.1. The van der Waals surface area contributed by atoms with Gasteiger partial charge in [-0.15, -0.1) is 0 Å². The number of para-hydroxylation sites is 1. The molecule has 1 aliphatic heterocycles. The third kappa shape index (κ3) is 5.71. The molecular formula is C28H25BrN2O5. The lowest BCUT2D eigenvalue weighted by molar-refractivity contribution is -0.122. The predicted molar refractivity (Wildman–Crippen MR) is 140 cm³/mol. The van der Waals surface area contributed by atoms with E-state index < -0.39 is 11.9 Å². The van der Waals surface area contributed by atoms with Gasteiger partial charge < -0.3 is 15.0 Å². The van der Waals surface area contributed by atoms with Crippen molar-refractivity contribution in [1.29, 1.82) is 0 Å². The summed E-state index contributed by atoms with van der Waals surface area (Å²) in [6.07, 6.45) is 0.135. The first-order chi connectivity index (χ1) is 17.2. The topological polar surface area (TPSA) is 92.8 Å². The summed E-state index contributed by atoms with van der Waals surface area (Å²) in [5.74, 6) is -1.76. The molecule has 0 aromatic heterocycles. The molecule has 0 spiro atoms. The molecule has 1 saturated heterocycles. The van der Waals surface area contributed by atoms with E-state index in [0.717, 1.165) is 21.3 Å². The van der Waals surface area contributed by atoms with Gasteiger partial charge >= 0.3 is 5.97 Å². The van der Waals surface area contributed by atoms with Crippen LogP contribution >= 0.6 is 15.9 Å². The minimum Gasteiger partial charge on any atom is -0.454 e. The minimum atomic E-state index is -0.635. The Hall–Kier alpha value is -3.78. The van der Waals surface area contributed by atoms with E-state index in [1.54, 1.807) is 41.3 Å². The van der Waals surface area contributed by atoms with Crippen molar-refractivity contribution in [2.75, 3.05) is 23.4 Å². The van der Waals surface area contributed by atoms with Crippen molar-refractivity contribution in [3.8, 4) is 0 Å². The molecular weight excluding hydrogens is 524 g/mol. The maximum absolute atomic E-state index is 12.8. The van der Waals surface area contributed by atoms with Gasteiger partial charge in [-0.3, -0.25) is 14.4 Å². The summed E-state index contributed by atoms with van der Waals surface area (Å²) < 4.78 is 5.98. The first-order valence-corrected chi connectivity index (χ1v) is 12.3. The molecule has 7 nitrogen and oxygen atoms in total. The number of ether oxygens (including phenoxy) is 1. The Labute approximate surface area is 217 Å². The van der Waals surface area contributed by atoms with E-state index in [2.05, 4.69) is 21.2 Å². The number of amides is 2. The Morgan fingerprint density at radius 2 is 1.56 bits per heavy atom. The number of anilines is 2. The van der Waals surface area contributed by atoms with Crippen molar-refractivity contribution in [3.63, 3.8) is 0 Å². The quantitative estimate of drug-likeness (QED) is 0.327. The summed E-state index contributed by atoms with van der Waals surface area (Å²) in [5, 5.41) is 2.82. The van der Waals surface area contributed by atoms with Gasteiger partial charge in [-0.1, -0.05) is 46.3 Å². The molecule has 184 valence electrons. The molecule has 4 rings (SSSR count). The maximum atomic E-state index is 12.8. The first-order valence-electron chi connectivity index (χ1n) is 11.5. The van der Waals surface area contributed by atoms with Crippen LogP contribution in [0.2, 0.25) is 0 Å². The maximum Gasteiger partial charge on any atom is 0.338 e. The molecule has 1 heterocycles. The molecule has 0 aliphatic carbocycles. The standard InChI is InChI=1S/C28H25BrN2O5/c1-17-4-3-5-18(2)26(17)31-15-21(14-25(31)33)27(34)30-23-12-8-20(9-13-23)28(35)36-16-24(32)19-6-10-22(29)11-7-19/h3-13,21H,14-16H2,1-2H3,(H,30,34)/t21-/m1/s1. The van der Waals surface area contributed by atoms with Gasteiger partial charge in [-0.25, -0.2) is 4.79 Å². The van der Waals surface area contributed by atoms with E-state index in [1.165, 1.54) is 12.1 Å². The van der Waals surface area contributed by atoms with Crippen molar-refractivity contribution in [2.24, 2.45) is 5.92 Å². The number of esters is 1. The van der Waals surface area contributed by atoms with Gasteiger partial charge in [0.2, 0.25) is 11.8 Å². The highest BCUT2D eigenvalue weighted by molar-refractivity contribution is 9.10. The normalized spacial score (nSPS) is 15.0. The van der Waals surface area contributed by atoms with Gasteiger partial charge in [-0.05, 0) is 61.4 Å². The summed E-state index contributed by atoms with van der Waals surface area (Å²) in [5.41, 5.74) is 4.05. The van der Waals surface area contributed by atoms with Crippen LogP contribution in [0.25, 0.3) is 0 Å². The summed E-state index contributed by atoms with van der Waals surface area (Å²) in [6.45, 7) is 3.84. The van der Waals surface area contributed by atoms with E-state index in [0.29, 0.717) is 17.8 Å². The van der Waals surface area contributed by atoms with Crippen LogP contribution in [-0.2, 0) is 14.3 Å².